The summed E-state index contributed by atoms with van der Waals surface area (Å²) in [5.74, 6) is 5.88. The molecule has 2 heterocycles. The van der Waals surface area contributed by atoms with Gasteiger partial charge < -0.3 is 4.42 Å². The topological polar surface area (TPSA) is 94.0 Å². The largest absolute Gasteiger partial charge is 0.468 e. The molecule has 0 aliphatic heterocycles. The summed E-state index contributed by atoms with van der Waals surface area (Å²) < 4.78 is 5.25. The van der Waals surface area contributed by atoms with Crippen molar-refractivity contribution in [3.8, 4) is 0 Å². The van der Waals surface area contributed by atoms with Crippen molar-refractivity contribution in [3.63, 3.8) is 0 Å². The van der Waals surface area contributed by atoms with E-state index in [9.17, 15) is 4.79 Å². The summed E-state index contributed by atoms with van der Waals surface area (Å²) in [5.41, 5.74) is 3.36. The van der Waals surface area contributed by atoms with Crippen molar-refractivity contribution in [1.29, 1.82) is 0 Å². The number of nitrogens with one attached hydrogen (secondary N) is 1. The van der Waals surface area contributed by atoms with Crippen molar-refractivity contribution in [2.75, 3.05) is 0 Å². The molecule has 18 heavy (non-hydrogen) atoms. The van der Waals surface area contributed by atoms with Crippen LogP contribution in [0.5, 0.6) is 0 Å². The van der Waals surface area contributed by atoms with Gasteiger partial charge in [-0.15, -0.1) is 0 Å². The number of rotatable bonds is 4. The van der Waals surface area contributed by atoms with Crippen molar-refractivity contribution < 1.29 is 9.21 Å². The third-order valence-electron chi connectivity index (χ3n) is 2.16. The number of amides is 1. The molecule has 2 aromatic rings. The number of thioether (sulfide) groups is 1. The van der Waals surface area contributed by atoms with Crippen LogP contribution < -0.4 is 11.3 Å². The summed E-state index contributed by atoms with van der Waals surface area (Å²) in [6, 6.07) is 3.48. The Kier molecular flexibility index (Phi) is 3.96. The van der Waals surface area contributed by atoms with E-state index in [1.807, 2.05) is 18.4 Å². The molecule has 2 aromatic heterocycles. The fourth-order valence-corrected chi connectivity index (χ4v) is 2.06. The summed E-state index contributed by atoms with van der Waals surface area (Å²) in [4.78, 5) is 19.6. The molecule has 94 valence electrons. The van der Waals surface area contributed by atoms with E-state index >= 15 is 0 Å². The highest BCUT2D eigenvalue weighted by molar-refractivity contribution is 7.98. The van der Waals surface area contributed by atoms with Gasteiger partial charge in [-0.05, 0) is 19.1 Å². The zero-order valence-electron chi connectivity index (χ0n) is 9.71. The quantitative estimate of drug-likeness (QED) is 0.284. The zero-order chi connectivity index (χ0) is 13.0. The normalized spacial score (nSPS) is 10.3. The van der Waals surface area contributed by atoms with Gasteiger partial charge in [0.1, 0.15) is 12.0 Å². The molecule has 2 rings (SSSR count). The number of furan rings is 1. The van der Waals surface area contributed by atoms with Crippen LogP contribution in [-0.4, -0.2) is 15.9 Å². The van der Waals surface area contributed by atoms with E-state index in [1.165, 1.54) is 18.0 Å². The fraction of sp³-hybridized carbons (Fsp3) is 0.182. The van der Waals surface area contributed by atoms with Gasteiger partial charge in [0, 0.05) is 11.9 Å². The summed E-state index contributed by atoms with van der Waals surface area (Å²) in [6.07, 6.45) is 3.08. The van der Waals surface area contributed by atoms with Gasteiger partial charge in [0.25, 0.3) is 5.91 Å². The lowest BCUT2D eigenvalue weighted by molar-refractivity contribution is 0.0953. The van der Waals surface area contributed by atoms with Crippen LogP contribution in [0.4, 0.5) is 0 Å². The van der Waals surface area contributed by atoms with Crippen LogP contribution in [0.25, 0.3) is 0 Å². The number of nitrogen functional groups attached to an aromatic ring is 1. The van der Waals surface area contributed by atoms with Crippen LogP contribution in [0.2, 0.25) is 0 Å². The number of aryl methyl sites for hydroxylation is 1. The first-order valence-electron chi connectivity index (χ1n) is 5.20. The van der Waals surface area contributed by atoms with E-state index in [2.05, 4.69) is 9.97 Å². The van der Waals surface area contributed by atoms with Gasteiger partial charge in [-0.2, -0.15) is 0 Å². The molecule has 0 aromatic carbocycles. The Labute approximate surface area is 108 Å². The third-order valence-corrected chi connectivity index (χ3v) is 3.05. The highest BCUT2D eigenvalue weighted by atomic mass is 32.2. The summed E-state index contributed by atoms with van der Waals surface area (Å²) in [7, 11) is 0. The Morgan fingerprint density at radius 1 is 1.61 bits per heavy atom. The van der Waals surface area contributed by atoms with Crippen molar-refractivity contribution >= 4 is 17.7 Å². The van der Waals surface area contributed by atoms with Gasteiger partial charge in [-0.3, -0.25) is 10.2 Å². The van der Waals surface area contributed by atoms with E-state index in [1.54, 1.807) is 12.3 Å². The average Bonchev–Trinajstić information content (AvgIpc) is 2.84. The van der Waals surface area contributed by atoms with Gasteiger partial charge >= 0.3 is 0 Å². The molecule has 0 aliphatic carbocycles. The van der Waals surface area contributed by atoms with E-state index in [0.717, 1.165) is 5.69 Å². The maximum Gasteiger partial charge on any atom is 0.268 e. The standard InChI is InChI=1S/C11H12N4O2S/c1-7-2-3-13-11(14-7)18-6-9-4-8(5-17-9)10(16)15-12/h2-5H,6,12H2,1H3,(H,15,16). The molecule has 0 radical (unpaired) electrons. The third kappa shape index (κ3) is 3.08. The average molecular weight is 264 g/mol. The number of hydrogen-bond donors (Lipinski definition) is 2. The minimum absolute atomic E-state index is 0.373. The SMILES string of the molecule is Cc1ccnc(SCc2cc(C(=O)NN)co2)n1. The Morgan fingerprint density at radius 3 is 3.17 bits per heavy atom. The van der Waals surface area contributed by atoms with Crippen LogP contribution in [0.15, 0.2) is 34.2 Å². The Balaban J connectivity index is 1.98. The second-order valence-electron chi connectivity index (χ2n) is 3.54. The number of nitrogens with zero attached hydrogens (tertiary/aromatic N) is 2. The number of nitrogens with two attached hydrogens (primary N) is 1. The molecular weight excluding hydrogens is 252 g/mol. The predicted molar refractivity (Wildman–Crippen MR) is 66.7 cm³/mol. The molecular formula is C11H12N4O2S. The van der Waals surface area contributed by atoms with Gasteiger partial charge in [0.05, 0.1) is 11.3 Å². The smallest absolute Gasteiger partial charge is 0.268 e. The number of carbonyl (C=O) groups excluding carboxylic acids is 1. The van der Waals surface area contributed by atoms with E-state index in [-0.39, 0.29) is 5.91 Å². The van der Waals surface area contributed by atoms with Crippen LogP contribution >= 0.6 is 11.8 Å². The highest BCUT2D eigenvalue weighted by Gasteiger charge is 2.09. The Bertz CT molecular complexity index is 555. The molecule has 0 saturated heterocycles. The van der Waals surface area contributed by atoms with E-state index < -0.39 is 0 Å². The number of hydrazine groups is 1. The van der Waals surface area contributed by atoms with Crippen LogP contribution in [-0.2, 0) is 5.75 Å². The fourth-order valence-electron chi connectivity index (χ4n) is 1.29. The minimum Gasteiger partial charge on any atom is -0.468 e. The lowest BCUT2D eigenvalue weighted by atomic mass is 10.3. The lowest BCUT2D eigenvalue weighted by Crippen LogP contribution is -2.29. The lowest BCUT2D eigenvalue weighted by Gasteiger charge is -1.98. The number of carbonyl (C=O) groups is 1. The molecule has 0 atom stereocenters. The maximum absolute atomic E-state index is 11.2. The monoisotopic (exact) mass is 264 g/mol. The molecule has 0 saturated carbocycles. The summed E-state index contributed by atoms with van der Waals surface area (Å²) in [5, 5.41) is 0.677. The first kappa shape index (κ1) is 12.6. The van der Waals surface area contributed by atoms with E-state index in [4.69, 9.17) is 10.3 Å². The van der Waals surface area contributed by atoms with Crippen LogP contribution in [0.3, 0.4) is 0 Å². The zero-order valence-corrected chi connectivity index (χ0v) is 10.5. The minimum atomic E-state index is -0.373. The van der Waals surface area contributed by atoms with E-state index in [0.29, 0.717) is 22.2 Å². The molecule has 3 N–H and O–H groups in total. The molecule has 6 nitrogen and oxygen atoms in total. The molecule has 1 amide bonds. The number of aromatic nitrogens is 2. The van der Waals surface area contributed by atoms with Crippen LogP contribution in [0.1, 0.15) is 21.8 Å². The van der Waals surface area contributed by atoms with Gasteiger partial charge in [0.15, 0.2) is 5.16 Å². The molecule has 0 spiro atoms. The second kappa shape index (κ2) is 5.65. The van der Waals surface area contributed by atoms with Gasteiger partial charge in [0.2, 0.25) is 0 Å². The van der Waals surface area contributed by atoms with Gasteiger partial charge in [-0.1, -0.05) is 11.8 Å². The molecule has 0 bridgehead atoms. The summed E-state index contributed by atoms with van der Waals surface area (Å²) >= 11 is 1.44. The second-order valence-corrected chi connectivity index (χ2v) is 4.49. The van der Waals surface area contributed by atoms with Crippen molar-refractivity contribution in [1.82, 2.24) is 15.4 Å². The first-order chi connectivity index (χ1) is 8.69. The van der Waals surface area contributed by atoms with Crippen LogP contribution in [0, 0.1) is 6.92 Å². The van der Waals surface area contributed by atoms with Gasteiger partial charge in [-0.25, -0.2) is 15.8 Å². The highest BCUT2D eigenvalue weighted by Crippen LogP contribution is 2.20. The first-order valence-corrected chi connectivity index (χ1v) is 6.18. The van der Waals surface area contributed by atoms with Crippen molar-refractivity contribution in [2.45, 2.75) is 17.8 Å². The number of hydrogen-bond acceptors (Lipinski definition) is 6. The van der Waals surface area contributed by atoms with Crippen molar-refractivity contribution in [3.05, 3.63) is 41.6 Å². The maximum atomic E-state index is 11.2. The molecule has 7 heteroatoms. The Morgan fingerprint density at radius 2 is 2.44 bits per heavy atom. The Hall–Kier alpha value is -1.86. The molecule has 0 unspecified atom stereocenters. The molecule has 0 aliphatic rings. The molecule has 0 fully saturated rings. The van der Waals surface area contributed by atoms with Crippen molar-refractivity contribution in [2.24, 2.45) is 5.84 Å². The predicted octanol–water partition coefficient (Wildman–Crippen LogP) is 1.27. The summed E-state index contributed by atoms with van der Waals surface area (Å²) in [6.45, 7) is 1.91.